The van der Waals surface area contributed by atoms with Crippen LogP contribution in [0.25, 0.3) is 0 Å². The average molecular weight is 228 g/mol. The van der Waals surface area contributed by atoms with Crippen LogP contribution in [-0.4, -0.2) is 29.6 Å². The Bertz CT molecular complexity index is 164. The molecule has 0 rings (SSSR count). The summed E-state index contributed by atoms with van der Waals surface area (Å²) in [5.41, 5.74) is 6.31. The molecule has 0 aliphatic carbocycles. The van der Waals surface area contributed by atoms with Gasteiger partial charge in [0.2, 0.25) is 0 Å². The Morgan fingerprint density at radius 3 is 2.19 bits per heavy atom. The van der Waals surface area contributed by atoms with Crippen LogP contribution >= 0.6 is 0 Å². The van der Waals surface area contributed by atoms with E-state index < -0.39 is 0 Å². The molecule has 0 aliphatic heterocycles. The molecule has 0 amide bonds. The smallest absolute Gasteiger partial charge is 0.0254 e. The summed E-state index contributed by atoms with van der Waals surface area (Å²) in [5, 5.41) is 0. The Hall–Kier alpha value is -0.0800. The molecular weight excluding hydrogens is 196 g/mol. The van der Waals surface area contributed by atoms with Gasteiger partial charge in [-0.3, -0.25) is 4.90 Å². The highest BCUT2D eigenvalue weighted by Gasteiger charge is 2.22. The first-order valence-corrected chi connectivity index (χ1v) is 6.96. The SMILES string of the molecule is CCCCCN(CC(C)(N)CCC)C(C)C. The maximum atomic E-state index is 6.33. The molecule has 0 radical (unpaired) electrons. The number of rotatable bonds is 9. The second kappa shape index (κ2) is 8.08. The minimum Gasteiger partial charge on any atom is -0.324 e. The highest BCUT2D eigenvalue weighted by Crippen LogP contribution is 2.13. The number of nitrogens with zero attached hydrogens (tertiary/aromatic N) is 1. The summed E-state index contributed by atoms with van der Waals surface area (Å²) in [7, 11) is 0. The zero-order chi connectivity index (χ0) is 12.6. The van der Waals surface area contributed by atoms with Gasteiger partial charge in [-0.1, -0.05) is 33.1 Å². The van der Waals surface area contributed by atoms with Crippen molar-refractivity contribution < 1.29 is 0 Å². The van der Waals surface area contributed by atoms with Gasteiger partial charge in [0.25, 0.3) is 0 Å². The first kappa shape index (κ1) is 15.9. The molecule has 0 bridgehead atoms. The third-order valence-electron chi connectivity index (χ3n) is 3.16. The van der Waals surface area contributed by atoms with Crippen molar-refractivity contribution in [3.63, 3.8) is 0 Å². The minimum absolute atomic E-state index is 0.0226. The van der Waals surface area contributed by atoms with E-state index in [0.717, 1.165) is 13.0 Å². The number of hydrogen-bond donors (Lipinski definition) is 1. The van der Waals surface area contributed by atoms with Crippen molar-refractivity contribution in [3.05, 3.63) is 0 Å². The van der Waals surface area contributed by atoms with Gasteiger partial charge in [-0.2, -0.15) is 0 Å². The summed E-state index contributed by atoms with van der Waals surface area (Å²) in [6, 6.07) is 0.608. The molecule has 2 heteroatoms. The standard InChI is InChI=1S/C14H32N2/c1-6-8-9-11-16(13(3)4)12-14(5,15)10-7-2/h13H,6-12,15H2,1-5H3. The normalized spacial score (nSPS) is 15.8. The highest BCUT2D eigenvalue weighted by molar-refractivity contribution is 4.83. The number of unbranched alkanes of at least 4 members (excludes halogenated alkanes) is 2. The topological polar surface area (TPSA) is 29.3 Å². The van der Waals surface area contributed by atoms with Crippen molar-refractivity contribution in [2.24, 2.45) is 5.73 Å². The van der Waals surface area contributed by atoms with E-state index in [-0.39, 0.29) is 5.54 Å². The molecule has 0 aromatic carbocycles. The van der Waals surface area contributed by atoms with Crippen molar-refractivity contribution in [2.75, 3.05) is 13.1 Å². The summed E-state index contributed by atoms with van der Waals surface area (Å²) in [4.78, 5) is 2.53. The van der Waals surface area contributed by atoms with Crippen LogP contribution in [0.1, 0.15) is 66.7 Å². The monoisotopic (exact) mass is 228 g/mol. The summed E-state index contributed by atoms with van der Waals surface area (Å²) in [6.45, 7) is 13.4. The molecule has 1 unspecified atom stereocenters. The fraction of sp³-hybridized carbons (Fsp3) is 1.00. The van der Waals surface area contributed by atoms with Gasteiger partial charge in [-0.15, -0.1) is 0 Å². The van der Waals surface area contributed by atoms with E-state index in [1.165, 1.54) is 32.2 Å². The van der Waals surface area contributed by atoms with Crippen LogP contribution in [0.15, 0.2) is 0 Å². The van der Waals surface area contributed by atoms with Gasteiger partial charge in [0.1, 0.15) is 0 Å². The van der Waals surface area contributed by atoms with Gasteiger partial charge in [0.05, 0.1) is 0 Å². The molecule has 0 aromatic rings. The Morgan fingerprint density at radius 2 is 1.75 bits per heavy atom. The van der Waals surface area contributed by atoms with Crippen molar-refractivity contribution in [1.82, 2.24) is 4.90 Å². The van der Waals surface area contributed by atoms with Crippen molar-refractivity contribution in [1.29, 1.82) is 0 Å². The molecule has 0 heterocycles. The van der Waals surface area contributed by atoms with E-state index in [4.69, 9.17) is 5.73 Å². The lowest BCUT2D eigenvalue weighted by Gasteiger charge is -2.35. The van der Waals surface area contributed by atoms with Crippen LogP contribution in [0.5, 0.6) is 0 Å². The average Bonchev–Trinajstić information content (AvgIpc) is 2.16. The van der Waals surface area contributed by atoms with Gasteiger partial charge >= 0.3 is 0 Å². The lowest BCUT2D eigenvalue weighted by atomic mass is 9.96. The molecule has 0 saturated heterocycles. The fourth-order valence-corrected chi connectivity index (χ4v) is 2.20. The van der Waals surface area contributed by atoms with Crippen LogP contribution in [-0.2, 0) is 0 Å². The zero-order valence-electron chi connectivity index (χ0n) is 12.1. The zero-order valence-corrected chi connectivity index (χ0v) is 12.1. The first-order chi connectivity index (χ1) is 7.43. The van der Waals surface area contributed by atoms with Crippen molar-refractivity contribution >= 4 is 0 Å². The Balaban J connectivity index is 4.11. The van der Waals surface area contributed by atoms with E-state index >= 15 is 0 Å². The molecular formula is C14H32N2. The van der Waals surface area contributed by atoms with Crippen molar-refractivity contribution in [2.45, 2.75) is 78.3 Å². The predicted octanol–water partition coefficient (Wildman–Crippen LogP) is 3.40. The van der Waals surface area contributed by atoms with Gasteiger partial charge in [0.15, 0.2) is 0 Å². The molecule has 2 N–H and O–H groups in total. The Kier molecular flexibility index (Phi) is 8.04. The summed E-state index contributed by atoms with van der Waals surface area (Å²) in [6.07, 6.45) is 6.22. The molecule has 0 spiro atoms. The van der Waals surface area contributed by atoms with Gasteiger partial charge in [-0.05, 0) is 40.2 Å². The van der Waals surface area contributed by atoms with Crippen LogP contribution in [0.4, 0.5) is 0 Å². The molecule has 0 fully saturated rings. The maximum absolute atomic E-state index is 6.33. The molecule has 1 atom stereocenters. The van der Waals surface area contributed by atoms with Gasteiger partial charge < -0.3 is 5.73 Å². The van der Waals surface area contributed by atoms with Crippen LogP contribution < -0.4 is 5.73 Å². The number of nitrogens with two attached hydrogens (primary N) is 1. The van der Waals surface area contributed by atoms with E-state index in [9.17, 15) is 0 Å². The minimum atomic E-state index is -0.0226. The number of hydrogen-bond acceptors (Lipinski definition) is 2. The van der Waals surface area contributed by atoms with E-state index in [1.54, 1.807) is 0 Å². The predicted molar refractivity (Wildman–Crippen MR) is 73.7 cm³/mol. The Morgan fingerprint density at radius 1 is 1.12 bits per heavy atom. The largest absolute Gasteiger partial charge is 0.324 e. The Labute approximate surface area is 103 Å². The molecule has 0 aromatic heterocycles. The van der Waals surface area contributed by atoms with Gasteiger partial charge in [-0.25, -0.2) is 0 Å². The molecule has 16 heavy (non-hydrogen) atoms. The van der Waals surface area contributed by atoms with Gasteiger partial charge in [0, 0.05) is 18.1 Å². The van der Waals surface area contributed by atoms with E-state index in [0.29, 0.717) is 6.04 Å². The van der Waals surface area contributed by atoms with Crippen LogP contribution in [0, 0.1) is 0 Å². The first-order valence-electron chi connectivity index (χ1n) is 6.96. The lowest BCUT2D eigenvalue weighted by molar-refractivity contribution is 0.168. The van der Waals surface area contributed by atoms with E-state index in [2.05, 4.69) is 39.5 Å². The van der Waals surface area contributed by atoms with E-state index in [1.807, 2.05) is 0 Å². The maximum Gasteiger partial charge on any atom is 0.0254 e. The quantitative estimate of drug-likeness (QED) is 0.613. The summed E-state index contributed by atoms with van der Waals surface area (Å²) >= 11 is 0. The summed E-state index contributed by atoms with van der Waals surface area (Å²) in [5.74, 6) is 0. The van der Waals surface area contributed by atoms with Crippen LogP contribution in [0.2, 0.25) is 0 Å². The molecule has 2 nitrogen and oxygen atoms in total. The second-order valence-electron chi connectivity index (χ2n) is 5.68. The molecule has 0 saturated carbocycles. The second-order valence-corrected chi connectivity index (χ2v) is 5.68. The highest BCUT2D eigenvalue weighted by atomic mass is 15.2. The molecule has 0 aliphatic rings. The summed E-state index contributed by atoms with van der Waals surface area (Å²) < 4.78 is 0. The third-order valence-corrected chi connectivity index (χ3v) is 3.16. The third kappa shape index (κ3) is 7.24. The molecule has 98 valence electrons. The fourth-order valence-electron chi connectivity index (χ4n) is 2.20. The van der Waals surface area contributed by atoms with Crippen molar-refractivity contribution in [3.8, 4) is 0 Å². The van der Waals surface area contributed by atoms with Crippen LogP contribution in [0.3, 0.4) is 0 Å². The lowest BCUT2D eigenvalue weighted by Crippen LogP contribution is -2.50.